The Morgan fingerprint density at radius 1 is 1.10 bits per heavy atom. The maximum absolute atomic E-state index is 12.9. The largest absolute Gasteiger partial charge is 0.326 e. The number of carbonyl (C=O) groups excluding carboxylic acids is 1. The number of fused-ring (bicyclic) bond motifs is 1. The van der Waals surface area contributed by atoms with E-state index in [0.29, 0.717) is 28.4 Å². The van der Waals surface area contributed by atoms with Crippen molar-refractivity contribution in [3.05, 3.63) is 81.0 Å². The van der Waals surface area contributed by atoms with Crippen LogP contribution in [0, 0.1) is 0 Å². The summed E-state index contributed by atoms with van der Waals surface area (Å²) in [5, 5.41) is 6.94. The fourth-order valence-electron chi connectivity index (χ4n) is 3.18. The molecule has 0 spiro atoms. The lowest BCUT2D eigenvalue weighted by Gasteiger charge is -2.11. The van der Waals surface area contributed by atoms with Crippen molar-refractivity contribution in [1.29, 1.82) is 0 Å². The molecular formula is C23H22N4O2S2. The first kappa shape index (κ1) is 21.3. The lowest BCUT2D eigenvalue weighted by Crippen LogP contribution is -2.23. The second-order valence-corrected chi connectivity index (χ2v) is 8.87. The first-order chi connectivity index (χ1) is 15.1. The van der Waals surface area contributed by atoms with Crippen LogP contribution in [0.5, 0.6) is 0 Å². The molecule has 0 saturated carbocycles. The Labute approximate surface area is 188 Å². The van der Waals surface area contributed by atoms with Crippen molar-refractivity contribution in [2.45, 2.75) is 37.2 Å². The Balaban J connectivity index is 1.45. The number of aromatic nitrogens is 3. The standard InChI is InChI=1S/C23H22N4O2S2/c1-2-12-27-22(29)18-10-6-7-11-19(18)26-23(27)31-15-17-14-30-21(25-17)13-20(28)24-16-8-4-3-5-9-16/h3-11,14H,2,12-13,15H2,1H3,(H,24,28). The molecule has 158 valence electrons. The lowest BCUT2D eigenvalue weighted by molar-refractivity contribution is -0.115. The van der Waals surface area contributed by atoms with E-state index < -0.39 is 0 Å². The van der Waals surface area contributed by atoms with Crippen LogP contribution in [0.2, 0.25) is 0 Å². The number of thiazole rings is 1. The minimum atomic E-state index is -0.0901. The van der Waals surface area contributed by atoms with E-state index in [1.54, 1.807) is 4.57 Å². The molecule has 0 unspecified atom stereocenters. The second-order valence-electron chi connectivity index (χ2n) is 6.98. The summed E-state index contributed by atoms with van der Waals surface area (Å²) in [6.45, 7) is 2.67. The van der Waals surface area contributed by atoms with E-state index in [9.17, 15) is 9.59 Å². The van der Waals surface area contributed by atoms with Crippen LogP contribution in [0.25, 0.3) is 10.9 Å². The lowest BCUT2D eigenvalue weighted by atomic mass is 10.2. The van der Waals surface area contributed by atoms with Crippen LogP contribution in [-0.4, -0.2) is 20.4 Å². The van der Waals surface area contributed by atoms with Gasteiger partial charge in [0.2, 0.25) is 5.91 Å². The quantitative estimate of drug-likeness (QED) is 0.310. The van der Waals surface area contributed by atoms with Crippen molar-refractivity contribution >= 4 is 45.6 Å². The van der Waals surface area contributed by atoms with Crippen LogP contribution >= 0.6 is 23.1 Å². The van der Waals surface area contributed by atoms with Gasteiger partial charge in [-0.25, -0.2) is 9.97 Å². The van der Waals surface area contributed by atoms with Gasteiger partial charge >= 0.3 is 0 Å². The fourth-order valence-corrected chi connectivity index (χ4v) is 4.99. The summed E-state index contributed by atoms with van der Waals surface area (Å²) in [6.07, 6.45) is 1.09. The molecule has 1 N–H and O–H groups in total. The molecule has 0 fully saturated rings. The van der Waals surface area contributed by atoms with Crippen LogP contribution < -0.4 is 10.9 Å². The van der Waals surface area contributed by atoms with Crippen molar-refractivity contribution in [1.82, 2.24) is 14.5 Å². The van der Waals surface area contributed by atoms with Gasteiger partial charge < -0.3 is 5.32 Å². The molecule has 2 aromatic carbocycles. The van der Waals surface area contributed by atoms with Gasteiger partial charge in [-0.05, 0) is 30.7 Å². The number of para-hydroxylation sites is 2. The molecule has 4 aromatic rings. The number of carbonyl (C=O) groups is 1. The summed E-state index contributed by atoms with van der Waals surface area (Å²) in [7, 11) is 0. The molecule has 2 aromatic heterocycles. The fraction of sp³-hybridized carbons (Fsp3) is 0.217. The molecule has 31 heavy (non-hydrogen) atoms. The number of amides is 1. The molecule has 0 saturated heterocycles. The van der Waals surface area contributed by atoms with Gasteiger partial charge in [0.1, 0.15) is 5.01 Å². The van der Waals surface area contributed by atoms with Gasteiger partial charge in [0.05, 0.1) is 23.0 Å². The molecule has 6 nitrogen and oxygen atoms in total. The van der Waals surface area contributed by atoms with Crippen molar-refractivity contribution in [3.8, 4) is 0 Å². The normalized spacial score (nSPS) is 11.0. The molecule has 2 heterocycles. The molecule has 8 heteroatoms. The Bertz CT molecular complexity index is 1250. The van der Waals surface area contributed by atoms with E-state index in [-0.39, 0.29) is 17.9 Å². The summed E-state index contributed by atoms with van der Waals surface area (Å²) >= 11 is 2.97. The predicted molar refractivity (Wildman–Crippen MR) is 127 cm³/mol. The number of thioether (sulfide) groups is 1. The Morgan fingerprint density at radius 2 is 1.87 bits per heavy atom. The monoisotopic (exact) mass is 450 g/mol. The number of nitrogens with zero attached hydrogens (tertiary/aromatic N) is 3. The van der Waals surface area contributed by atoms with Gasteiger partial charge in [-0.3, -0.25) is 14.2 Å². The Kier molecular flexibility index (Phi) is 6.79. The van der Waals surface area contributed by atoms with E-state index in [4.69, 9.17) is 4.98 Å². The van der Waals surface area contributed by atoms with Crippen molar-refractivity contribution in [2.75, 3.05) is 5.32 Å². The zero-order chi connectivity index (χ0) is 21.6. The molecule has 1 amide bonds. The number of hydrogen-bond acceptors (Lipinski definition) is 6. The third-order valence-corrected chi connectivity index (χ3v) is 6.50. The van der Waals surface area contributed by atoms with Crippen molar-refractivity contribution in [3.63, 3.8) is 0 Å². The van der Waals surface area contributed by atoms with E-state index in [2.05, 4.69) is 10.3 Å². The summed E-state index contributed by atoms with van der Waals surface area (Å²) in [6, 6.07) is 16.8. The Morgan fingerprint density at radius 3 is 2.68 bits per heavy atom. The van der Waals surface area contributed by atoms with Gasteiger partial charge in [-0.1, -0.05) is 49.0 Å². The molecule has 0 radical (unpaired) electrons. The van der Waals surface area contributed by atoms with Gasteiger partial charge in [0, 0.05) is 23.4 Å². The minimum absolute atomic E-state index is 0.00787. The highest BCUT2D eigenvalue weighted by molar-refractivity contribution is 7.98. The van der Waals surface area contributed by atoms with Crippen LogP contribution in [-0.2, 0) is 23.5 Å². The number of nitrogens with one attached hydrogen (secondary N) is 1. The minimum Gasteiger partial charge on any atom is -0.326 e. The molecule has 4 rings (SSSR count). The molecule has 0 bridgehead atoms. The molecule has 0 aliphatic heterocycles. The predicted octanol–water partition coefficient (Wildman–Crippen LogP) is 4.74. The third kappa shape index (κ3) is 5.21. The first-order valence-electron chi connectivity index (χ1n) is 10.0. The average molecular weight is 451 g/mol. The van der Waals surface area contributed by atoms with E-state index in [0.717, 1.165) is 22.8 Å². The molecule has 0 aliphatic rings. The van der Waals surface area contributed by atoms with Crippen LogP contribution in [0.3, 0.4) is 0 Å². The number of hydrogen-bond donors (Lipinski definition) is 1. The first-order valence-corrected chi connectivity index (χ1v) is 11.9. The van der Waals surface area contributed by atoms with E-state index >= 15 is 0 Å². The summed E-state index contributed by atoms with van der Waals surface area (Å²) < 4.78 is 1.74. The highest BCUT2D eigenvalue weighted by Crippen LogP contribution is 2.23. The van der Waals surface area contributed by atoms with Crippen LogP contribution in [0.1, 0.15) is 24.0 Å². The smallest absolute Gasteiger partial charge is 0.262 e. The van der Waals surface area contributed by atoms with Crippen LogP contribution in [0.4, 0.5) is 5.69 Å². The van der Waals surface area contributed by atoms with Gasteiger partial charge in [0.25, 0.3) is 5.56 Å². The maximum Gasteiger partial charge on any atom is 0.262 e. The van der Waals surface area contributed by atoms with Gasteiger partial charge in [-0.2, -0.15) is 0 Å². The molecule has 0 aliphatic carbocycles. The van der Waals surface area contributed by atoms with E-state index in [1.165, 1.54) is 23.1 Å². The highest BCUT2D eigenvalue weighted by Gasteiger charge is 2.13. The molecular weight excluding hydrogens is 428 g/mol. The average Bonchev–Trinajstić information content (AvgIpc) is 3.22. The van der Waals surface area contributed by atoms with Crippen LogP contribution in [0.15, 0.2) is 69.9 Å². The van der Waals surface area contributed by atoms with Crippen molar-refractivity contribution < 1.29 is 4.79 Å². The van der Waals surface area contributed by atoms with Gasteiger partial charge in [0.15, 0.2) is 5.16 Å². The number of benzene rings is 2. The topological polar surface area (TPSA) is 76.9 Å². The highest BCUT2D eigenvalue weighted by atomic mass is 32.2. The number of anilines is 1. The number of rotatable bonds is 8. The zero-order valence-corrected chi connectivity index (χ0v) is 18.7. The Hall–Kier alpha value is -2.97. The summed E-state index contributed by atoms with van der Waals surface area (Å²) in [5.41, 5.74) is 2.35. The molecule has 0 atom stereocenters. The summed E-state index contributed by atoms with van der Waals surface area (Å²) in [5.74, 6) is 0.499. The van der Waals surface area contributed by atoms with E-state index in [1.807, 2.05) is 66.9 Å². The second kappa shape index (κ2) is 9.89. The van der Waals surface area contributed by atoms with Crippen molar-refractivity contribution in [2.24, 2.45) is 0 Å². The SMILES string of the molecule is CCCn1c(SCc2csc(CC(=O)Nc3ccccc3)n2)nc2ccccc2c1=O. The van der Waals surface area contributed by atoms with Gasteiger partial charge in [-0.15, -0.1) is 11.3 Å². The zero-order valence-electron chi connectivity index (χ0n) is 17.1. The summed E-state index contributed by atoms with van der Waals surface area (Å²) in [4.78, 5) is 34.4. The maximum atomic E-state index is 12.9. The third-order valence-electron chi connectivity index (χ3n) is 4.59.